The van der Waals surface area contributed by atoms with Crippen LogP contribution in [0.15, 0.2) is 0 Å². The number of likely N-dealkylation sites (N-methyl/N-ethyl adjacent to an activating group) is 1. The van der Waals surface area contributed by atoms with E-state index in [1.165, 1.54) is 0 Å². The van der Waals surface area contributed by atoms with Crippen molar-refractivity contribution < 1.29 is 9.53 Å². The van der Waals surface area contributed by atoms with Gasteiger partial charge in [0.2, 0.25) is 0 Å². The molecule has 0 aromatic rings. The van der Waals surface area contributed by atoms with Gasteiger partial charge in [0.05, 0.1) is 6.10 Å². The summed E-state index contributed by atoms with van der Waals surface area (Å²) in [6.45, 7) is 0. The van der Waals surface area contributed by atoms with Gasteiger partial charge >= 0.3 is 0 Å². The van der Waals surface area contributed by atoms with Crippen LogP contribution in [0.2, 0.25) is 0 Å². The molecule has 0 radical (unpaired) electrons. The van der Waals surface area contributed by atoms with Crippen molar-refractivity contribution >= 4 is 5.78 Å². The quantitative estimate of drug-likeness (QED) is 0.570. The van der Waals surface area contributed by atoms with Gasteiger partial charge in [-0.1, -0.05) is 0 Å². The molecule has 0 aromatic carbocycles. The molecule has 3 nitrogen and oxygen atoms in total. The molecule has 0 aliphatic carbocycles. The first-order valence-electron chi connectivity index (χ1n) is 4.49. The summed E-state index contributed by atoms with van der Waals surface area (Å²) in [5, 5.41) is 0. The lowest BCUT2D eigenvalue weighted by molar-refractivity contribution is -0.123. The maximum atomic E-state index is 11.2. The molecule has 2 aliphatic heterocycles. The molecule has 0 saturated carbocycles. The average molecular weight is 169 g/mol. The summed E-state index contributed by atoms with van der Waals surface area (Å²) in [7, 11) is 3.84. The van der Waals surface area contributed by atoms with Gasteiger partial charge in [0, 0.05) is 32.0 Å². The Bertz CT molecular complexity index is 205. The van der Waals surface area contributed by atoms with Crippen molar-refractivity contribution in [1.82, 2.24) is 4.90 Å². The van der Waals surface area contributed by atoms with E-state index in [4.69, 9.17) is 4.74 Å². The third-order valence-electron chi connectivity index (χ3n) is 3.24. The number of ketones is 1. The van der Waals surface area contributed by atoms with Crippen LogP contribution >= 0.6 is 0 Å². The first-order chi connectivity index (χ1) is 5.72. The van der Waals surface area contributed by atoms with Crippen molar-refractivity contribution in [2.45, 2.75) is 37.5 Å². The Hall–Kier alpha value is -0.410. The Morgan fingerprint density at radius 2 is 2.25 bits per heavy atom. The van der Waals surface area contributed by atoms with E-state index in [-0.39, 0.29) is 6.10 Å². The molecule has 2 rings (SSSR count). The van der Waals surface area contributed by atoms with Crippen LogP contribution in [0.25, 0.3) is 0 Å². The van der Waals surface area contributed by atoms with Gasteiger partial charge in [0.15, 0.2) is 0 Å². The number of rotatable bonds is 1. The summed E-state index contributed by atoms with van der Waals surface area (Å²) in [5.74, 6) is 0.405. The molecule has 12 heavy (non-hydrogen) atoms. The molecular formula is C9H15NO2. The molecule has 68 valence electrons. The van der Waals surface area contributed by atoms with Crippen LogP contribution in [-0.2, 0) is 9.53 Å². The van der Waals surface area contributed by atoms with E-state index in [1.807, 2.05) is 0 Å². The highest BCUT2D eigenvalue weighted by molar-refractivity contribution is 5.81. The molecule has 2 bridgehead atoms. The molecular weight excluding hydrogens is 154 g/mol. The first-order valence-corrected chi connectivity index (χ1v) is 4.49. The minimum absolute atomic E-state index is 0.284. The minimum atomic E-state index is 0.284. The molecule has 0 unspecified atom stereocenters. The van der Waals surface area contributed by atoms with Crippen molar-refractivity contribution in [1.29, 1.82) is 0 Å². The SMILES string of the molecule is CO[C@@H]1C[C@H]2CC(=O)C[C@@H]1N2C. The molecule has 2 heterocycles. The van der Waals surface area contributed by atoms with Crippen LogP contribution in [0.4, 0.5) is 0 Å². The Morgan fingerprint density at radius 1 is 1.50 bits per heavy atom. The highest BCUT2D eigenvalue weighted by Crippen LogP contribution is 2.33. The summed E-state index contributed by atoms with van der Waals surface area (Å²) in [5.41, 5.74) is 0. The smallest absolute Gasteiger partial charge is 0.136 e. The van der Waals surface area contributed by atoms with Gasteiger partial charge in [-0.05, 0) is 13.5 Å². The van der Waals surface area contributed by atoms with E-state index in [1.54, 1.807) is 7.11 Å². The highest BCUT2D eigenvalue weighted by atomic mass is 16.5. The standard InChI is InChI=1S/C9H15NO2/c1-10-6-3-7(11)5-8(10)9(4-6)12-2/h6,8-9H,3-5H2,1-2H3/t6-,8+,9-/m1/s1. The topological polar surface area (TPSA) is 29.5 Å². The molecule has 0 N–H and O–H groups in total. The van der Waals surface area contributed by atoms with Crippen molar-refractivity contribution in [3.63, 3.8) is 0 Å². The summed E-state index contributed by atoms with van der Waals surface area (Å²) in [4.78, 5) is 13.5. The number of hydrogen-bond acceptors (Lipinski definition) is 3. The molecule has 0 amide bonds. The Morgan fingerprint density at radius 3 is 2.92 bits per heavy atom. The molecule has 2 fully saturated rings. The lowest BCUT2D eigenvalue weighted by Crippen LogP contribution is -2.42. The van der Waals surface area contributed by atoms with Gasteiger partial charge in [-0.25, -0.2) is 0 Å². The van der Waals surface area contributed by atoms with Gasteiger partial charge in [-0.3, -0.25) is 9.69 Å². The number of fused-ring (bicyclic) bond motifs is 2. The van der Waals surface area contributed by atoms with Gasteiger partial charge in [-0.2, -0.15) is 0 Å². The Balaban J connectivity index is 2.16. The average Bonchev–Trinajstić information content (AvgIpc) is 2.27. The lowest BCUT2D eigenvalue weighted by Gasteiger charge is -2.30. The Labute approximate surface area is 72.7 Å². The van der Waals surface area contributed by atoms with Crippen LogP contribution in [0.1, 0.15) is 19.3 Å². The number of carbonyl (C=O) groups is 1. The third-order valence-corrected chi connectivity index (χ3v) is 3.24. The van der Waals surface area contributed by atoms with Gasteiger partial charge in [-0.15, -0.1) is 0 Å². The second-order valence-electron chi connectivity index (χ2n) is 3.84. The van der Waals surface area contributed by atoms with Crippen LogP contribution in [0, 0.1) is 0 Å². The van der Waals surface area contributed by atoms with Crippen molar-refractivity contribution in [2.75, 3.05) is 14.2 Å². The van der Waals surface area contributed by atoms with E-state index in [0.717, 1.165) is 12.8 Å². The Kier molecular flexibility index (Phi) is 1.93. The predicted octanol–water partition coefficient (Wildman–Crippen LogP) is 0.437. The van der Waals surface area contributed by atoms with Gasteiger partial charge < -0.3 is 4.74 Å². The molecule has 3 heteroatoms. The van der Waals surface area contributed by atoms with Gasteiger partial charge in [0.1, 0.15) is 5.78 Å². The molecule has 2 saturated heterocycles. The van der Waals surface area contributed by atoms with E-state index in [0.29, 0.717) is 24.3 Å². The van der Waals surface area contributed by atoms with Crippen LogP contribution in [0.3, 0.4) is 0 Å². The first kappa shape index (κ1) is 8.20. The number of piperidine rings is 1. The number of hydrogen-bond donors (Lipinski definition) is 0. The van der Waals surface area contributed by atoms with E-state index < -0.39 is 0 Å². The normalized spacial score (nSPS) is 42.2. The third kappa shape index (κ3) is 1.08. The van der Waals surface area contributed by atoms with Crippen molar-refractivity contribution in [3.8, 4) is 0 Å². The van der Waals surface area contributed by atoms with Crippen LogP contribution < -0.4 is 0 Å². The molecule has 2 aliphatic rings. The highest BCUT2D eigenvalue weighted by Gasteiger charge is 2.44. The minimum Gasteiger partial charge on any atom is -0.380 e. The fourth-order valence-electron chi connectivity index (χ4n) is 2.46. The zero-order valence-electron chi connectivity index (χ0n) is 7.62. The fourth-order valence-corrected chi connectivity index (χ4v) is 2.46. The second kappa shape index (κ2) is 2.82. The molecule has 0 spiro atoms. The largest absolute Gasteiger partial charge is 0.380 e. The van der Waals surface area contributed by atoms with Crippen molar-refractivity contribution in [3.05, 3.63) is 0 Å². The number of Topliss-reactive ketones (excluding diaryl/α,β-unsaturated/α-hetero) is 1. The predicted molar refractivity (Wildman–Crippen MR) is 45.0 cm³/mol. The molecule has 0 aromatic heterocycles. The van der Waals surface area contributed by atoms with Crippen LogP contribution in [0.5, 0.6) is 0 Å². The maximum Gasteiger partial charge on any atom is 0.136 e. The number of methoxy groups -OCH3 is 1. The van der Waals surface area contributed by atoms with Crippen molar-refractivity contribution in [2.24, 2.45) is 0 Å². The summed E-state index contributed by atoms with van der Waals surface area (Å²) >= 11 is 0. The monoisotopic (exact) mass is 169 g/mol. The maximum absolute atomic E-state index is 11.2. The van der Waals surface area contributed by atoms with E-state index in [2.05, 4.69) is 11.9 Å². The van der Waals surface area contributed by atoms with E-state index in [9.17, 15) is 4.79 Å². The zero-order chi connectivity index (χ0) is 8.72. The number of nitrogens with zero attached hydrogens (tertiary/aromatic N) is 1. The summed E-state index contributed by atoms with van der Waals surface area (Å²) in [6.07, 6.45) is 2.73. The summed E-state index contributed by atoms with van der Waals surface area (Å²) < 4.78 is 5.35. The fraction of sp³-hybridized carbons (Fsp3) is 0.889. The summed E-state index contributed by atoms with van der Waals surface area (Å²) in [6, 6.07) is 0.794. The zero-order valence-corrected chi connectivity index (χ0v) is 7.62. The second-order valence-corrected chi connectivity index (χ2v) is 3.84. The van der Waals surface area contributed by atoms with Crippen LogP contribution in [-0.4, -0.2) is 43.0 Å². The molecule has 3 atom stereocenters. The van der Waals surface area contributed by atoms with Gasteiger partial charge in [0.25, 0.3) is 0 Å². The lowest BCUT2D eigenvalue weighted by atomic mass is 10.0. The number of carbonyl (C=O) groups excluding carboxylic acids is 1. The van der Waals surface area contributed by atoms with E-state index >= 15 is 0 Å². The number of ether oxygens (including phenoxy) is 1.